The fraction of sp³-hybridized carbons (Fsp3) is 0.800. The van der Waals surface area contributed by atoms with Crippen LogP contribution >= 0.6 is 0 Å². The van der Waals surface area contributed by atoms with Crippen LogP contribution in [0.4, 0.5) is 0 Å². The Bertz CT molecular complexity index is 160. The maximum atomic E-state index is 9.44. The van der Waals surface area contributed by atoms with Gasteiger partial charge in [0.15, 0.2) is 0 Å². The average molecular weight is 170 g/mol. The molecule has 0 saturated carbocycles. The van der Waals surface area contributed by atoms with Gasteiger partial charge < -0.3 is 9.84 Å². The maximum absolute atomic E-state index is 9.44. The van der Waals surface area contributed by atoms with Crippen LogP contribution < -0.4 is 0 Å². The molecule has 0 aliphatic carbocycles. The molecule has 0 heterocycles. The van der Waals surface area contributed by atoms with Gasteiger partial charge in [0.25, 0.3) is 0 Å². The Hall–Kier alpha value is -0.520. The molecule has 0 spiro atoms. The molecule has 1 N–H and O–H groups in total. The molecule has 0 aliphatic rings. The monoisotopic (exact) mass is 170 g/mol. The minimum Gasteiger partial charge on any atom is -0.377 e. The molecule has 0 saturated heterocycles. The predicted molar refractivity (Wildman–Crippen MR) is 49.8 cm³/mol. The first kappa shape index (κ1) is 11.5. The molecule has 0 radical (unpaired) electrons. The maximum Gasteiger partial charge on any atom is 0.142 e. The van der Waals surface area contributed by atoms with Crippen molar-refractivity contribution in [3.63, 3.8) is 0 Å². The summed E-state index contributed by atoms with van der Waals surface area (Å²) in [6, 6.07) is 0. The Morgan fingerprint density at radius 1 is 1.67 bits per heavy atom. The molecule has 0 fully saturated rings. The molecule has 0 aromatic rings. The summed E-state index contributed by atoms with van der Waals surface area (Å²) in [5.74, 6) is 2.30. The number of aliphatic hydroxyl groups excluding tert-OH is 1. The molecule has 70 valence electrons. The molecule has 0 rings (SSSR count). The van der Waals surface area contributed by atoms with Gasteiger partial charge in [0.1, 0.15) is 11.7 Å². The third-order valence-corrected chi connectivity index (χ3v) is 2.23. The zero-order chi connectivity index (χ0) is 9.61. The molecule has 0 aromatic carbocycles. The van der Waals surface area contributed by atoms with Crippen molar-refractivity contribution in [1.82, 2.24) is 0 Å². The van der Waals surface area contributed by atoms with Gasteiger partial charge in [-0.1, -0.05) is 25.7 Å². The quantitative estimate of drug-likeness (QED) is 0.635. The second-order valence-corrected chi connectivity index (χ2v) is 3.19. The third-order valence-electron chi connectivity index (χ3n) is 2.23. The second kappa shape index (κ2) is 5.18. The van der Waals surface area contributed by atoms with Crippen LogP contribution in [-0.4, -0.2) is 23.9 Å². The molecule has 12 heavy (non-hydrogen) atoms. The highest BCUT2D eigenvalue weighted by molar-refractivity contribution is 5.03. The highest BCUT2D eigenvalue weighted by Gasteiger charge is 2.30. The van der Waals surface area contributed by atoms with Gasteiger partial charge >= 0.3 is 0 Å². The van der Waals surface area contributed by atoms with Crippen molar-refractivity contribution in [2.24, 2.45) is 0 Å². The Morgan fingerprint density at radius 3 is 2.58 bits per heavy atom. The minimum atomic E-state index is -0.811. The Kier molecular flexibility index (Phi) is 4.96. The first-order valence-corrected chi connectivity index (χ1v) is 4.30. The van der Waals surface area contributed by atoms with Crippen molar-refractivity contribution in [3.8, 4) is 12.3 Å². The van der Waals surface area contributed by atoms with Gasteiger partial charge in [-0.05, 0) is 13.3 Å². The summed E-state index contributed by atoms with van der Waals surface area (Å²) in [7, 11) is 1.58. The minimum absolute atomic E-state index is 0.579. The largest absolute Gasteiger partial charge is 0.377 e. The van der Waals surface area contributed by atoms with Gasteiger partial charge in [0, 0.05) is 7.11 Å². The molecule has 0 aromatic heterocycles. The van der Waals surface area contributed by atoms with Crippen molar-refractivity contribution in [2.75, 3.05) is 7.11 Å². The van der Waals surface area contributed by atoms with Gasteiger partial charge in [-0.2, -0.15) is 0 Å². The van der Waals surface area contributed by atoms with Gasteiger partial charge in [0.05, 0.1) is 0 Å². The number of terminal acetylenes is 1. The van der Waals surface area contributed by atoms with Crippen LogP contribution in [0.3, 0.4) is 0 Å². The van der Waals surface area contributed by atoms with Crippen LogP contribution in [0.1, 0.15) is 33.1 Å². The lowest BCUT2D eigenvalue weighted by Gasteiger charge is -2.30. The summed E-state index contributed by atoms with van der Waals surface area (Å²) in [5, 5.41) is 9.44. The number of methoxy groups -OCH3 is 1. The molecule has 0 amide bonds. The highest BCUT2D eigenvalue weighted by atomic mass is 16.5. The molecule has 2 atom stereocenters. The lowest BCUT2D eigenvalue weighted by molar-refractivity contribution is -0.0725. The fourth-order valence-corrected chi connectivity index (χ4v) is 1.05. The molecule has 2 heteroatoms. The molecular formula is C10H18O2. The predicted octanol–water partition coefficient (Wildman–Crippen LogP) is 1.58. The average Bonchev–Trinajstić information content (AvgIpc) is 2.12. The first-order chi connectivity index (χ1) is 5.60. The number of hydrogen-bond donors (Lipinski definition) is 1. The number of unbranched alkanes of at least 4 members (excludes halogenated alkanes) is 1. The summed E-state index contributed by atoms with van der Waals surface area (Å²) in [6.07, 6.45) is 7.21. The van der Waals surface area contributed by atoms with Gasteiger partial charge in [-0.3, -0.25) is 0 Å². The van der Waals surface area contributed by atoms with E-state index >= 15 is 0 Å². The molecule has 2 nitrogen and oxygen atoms in total. The van der Waals surface area contributed by atoms with Crippen molar-refractivity contribution < 1.29 is 9.84 Å². The van der Waals surface area contributed by atoms with Gasteiger partial charge in [-0.15, -0.1) is 6.42 Å². The van der Waals surface area contributed by atoms with E-state index in [2.05, 4.69) is 12.8 Å². The second-order valence-electron chi connectivity index (χ2n) is 3.19. The normalized spacial score (nSPS) is 17.9. The van der Waals surface area contributed by atoms with E-state index in [4.69, 9.17) is 11.2 Å². The smallest absolute Gasteiger partial charge is 0.142 e. The van der Waals surface area contributed by atoms with E-state index < -0.39 is 11.7 Å². The van der Waals surface area contributed by atoms with E-state index in [1.54, 1.807) is 7.11 Å². The van der Waals surface area contributed by atoms with E-state index in [0.29, 0.717) is 0 Å². The van der Waals surface area contributed by atoms with E-state index in [1.165, 1.54) is 0 Å². The SMILES string of the molecule is C#C[C@H](O)[C@@](C)(CCCC)OC. The number of hydrogen-bond acceptors (Lipinski definition) is 2. The van der Waals surface area contributed by atoms with Gasteiger partial charge in [0.2, 0.25) is 0 Å². The lowest BCUT2D eigenvalue weighted by atomic mass is 9.93. The highest BCUT2D eigenvalue weighted by Crippen LogP contribution is 2.21. The van der Waals surface area contributed by atoms with E-state index in [9.17, 15) is 5.11 Å². The van der Waals surface area contributed by atoms with Crippen LogP contribution in [0.2, 0.25) is 0 Å². The Morgan fingerprint density at radius 2 is 2.25 bits per heavy atom. The van der Waals surface area contributed by atoms with Crippen LogP contribution in [0.5, 0.6) is 0 Å². The zero-order valence-electron chi connectivity index (χ0n) is 8.13. The van der Waals surface area contributed by atoms with Crippen molar-refractivity contribution >= 4 is 0 Å². The fourth-order valence-electron chi connectivity index (χ4n) is 1.05. The van der Waals surface area contributed by atoms with Crippen LogP contribution in [0.25, 0.3) is 0 Å². The molecule has 0 bridgehead atoms. The lowest BCUT2D eigenvalue weighted by Crippen LogP contribution is -2.40. The standard InChI is InChI=1S/C10H18O2/c1-5-7-8-10(3,12-4)9(11)6-2/h2,9,11H,5,7-8H2,1,3-4H3/t9-,10+/m0/s1. The van der Waals surface area contributed by atoms with Crippen molar-refractivity contribution in [1.29, 1.82) is 0 Å². The molecule has 0 unspecified atom stereocenters. The number of aliphatic hydroxyl groups is 1. The van der Waals surface area contributed by atoms with E-state index in [1.807, 2.05) is 6.92 Å². The zero-order valence-corrected chi connectivity index (χ0v) is 8.13. The van der Waals surface area contributed by atoms with Crippen LogP contribution in [0, 0.1) is 12.3 Å². The summed E-state index contributed by atoms with van der Waals surface area (Å²) in [5.41, 5.74) is -0.579. The van der Waals surface area contributed by atoms with Crippen molar-refractivity contribution in [3.05, 3.63) is 0 Å². The Balaban J connectivity index is 4.15. The van der Waals surface area contributed by atoms with E-state index in [0.717, 1.165) is 19.3 Å². The van der Waals surface area contributed by atoms with Crippen molar-refractivity contribution in [2.45, 2.75) is 44.8 Å². The van der Waals surface area contributed by atoms with E-state index in [-0.39, 0.29) is 0 Å². The number of rotatable bonds is 5. The number of ether oxygens (including phenoxy) is 1. The summed E-state index contributed by atoms with van der Waals surface area (Å²) < 4.78 is 5.20. The van der Waals surface area contributed by atoms with Crippen LogP contribution in [-0.2, 0) is 4.74 Å². The van der Waals surface area contributed by atoms with Gasteiger partial charge in [-0.25, -0.2) is 0 Å². The first-order valence-electron chi connectivity index (χ1n) is 4.30. The van der Waals surface area contributed by atoms with Crippen LogP contribution in [0.15, 0.2) is 0 Å². The Labute approximate surface area is 74.9 Å². The third kappa shape index (κ3) is 2.84. The summed E-state index contributed by atoms with van der Waals surface area (Å²) >= 11 is 0. The topological polar surface area (TPSA) is 29.5 Å². The summed E-state index contributed by atoms with van der Waals surface area (Å²) in [6.45, 7) is 3.94. The molecule has 0 aliphatic heterocycles. The molecular weight excluding hydrogens is 152 g/mol. The summed E-state index contributed by atoms with van der Waals surface area (Å²) in [4.78, 5) is 0.